The van der Waals surface area contributed by atoms with Crippen molar-refractivity contribution in [2.75, 3.05) is 18.8 Å². The fourth-order valence-electron chi connectivity index (χ4n) is 1.95. The van der Waals surface area contributed by atoms with Crippen molar-refractivity contribution in [2.24, 2.45) is 11.3 Å². The zero-order chi connectivity index (χ0) is 14.2. The number of alkyl halides is 3. The van der Waals surface area contributed by atoms with Crippen LogP contribution in [0, 0.1) is 11.3 Å². The molecule has 18 heavy (non-hydrogen) atoms. The Kier molecular flexibility index (Phi) is 8.35. The molecule has 0 aromatic heterocycles. The highest BCUT2D eigenvalue weighted by molar-refractivity contribution is 8.00. The van der Waals surface area contributed by atoms with Crippen molar-refractivity contribution < 1.29 is 13.2 Å². The summed E-state index contributed by atoms with van der Waals surface area (Å²) in [5.74, 6) is 0.732. The van der Waals surface area contributed by atoms with E-state index in [1.54, 1.807) is 0 Å². The number of hydrogen-bond acceptors (Lipinski definition) is 2. The van der Waals surface area contributed by atoms with E-state index < -0.39 is 5.51 Å². The maximum Gasteiger partial charge on any atom is 0.441 e. The molecule has 0 saturated heterocycles. The van der Waals surface area contributed by atoms with Crippen molar-refractivity contribution in [3.63, 3.8) is 0 Å². The molecular formula is C13H26F3NS. The summed E-state index contributed by atoms with van der Waals surface area (Å²) in [5, 5.41) is 3.38. The van der Waals surface area contributed by atoms with Gasteiger partial charge in [0.05, 0.1) is 0 Å². The minimum absolute atomic E-state index is 0.00708. The average molecular weight is 285 g/mol. The second-order valence-corrected chi connectivity index (χ2v) is 6.44. The van der Waals surface area contributed by atoms with E-state index in [-0.39, 0.29) is 22.9 Å². The van der Waals surface area contributed by atoms with Crippen molar-refractivity contribution in [3.8, 4) is 0 Å². The molecule has 0 atom stereocenters. The van der Waals surface area contributed by atoms with Gasteiger partial charge in [0.15, 0.2) is 0 Å². The molecule has 0 saturated carbocycles. The molecule has 0 spiro atoms. The largest absolute Gasteiger partial charge is 0.441 e. The molecule has 0 aliphatic carbocycles. The van der Waals surface area contributed by atoms with Crippen LogP contribution < -0.4 is 5.32 Å². The molecule has 0 unspecified atom stereocenters. The van der Waals surface area contributed by atoms with E-state index in [0.29, 0.717) is 12.3 Å². The number of halogens is 3. The molecule has 0 aromatic rings. The molecule has 0 fully saturated rings. The maximum atomic E-state index is 12.1. The normalized spacial score (nSPS) is 13.3. The standard InChI is InChI=1S/C13H26F3NS/c1-5-12(6-2,10-17-9-11(3)4)7-8-18-13(14,15)16/h11,17H,5-10H2,1-4H3. The number of thioether (sulfide) groups is 1. The van der Waals surface area contributed by atoms with Crippen LogP contribution in [0.2, 0.25) is 0 Å². The quantitative estimate of drug-likeness (QED) is 0.660. The zero-order valence-electron chi connectivity index (χ0n) is 11.9. The molecule has 0 radical (unpaired) electrons. The molecular weight excluding hydrogens is 259 g/mol. The molecule has 0 heterocycles. The van der Waals surface area contributed by atoms with Gasteiger partial charge in [0.1, 0.15) is 0 Å². The van der Waals surface area contributed by atoms with Gasteiger partial charge in [0, 0.05) is 12.3 Å². The Labute approximate surface area is 113 Å². The van der Waals surface area contributed by atoms with E-state index in [1.165, 1.54) is 0 Å². The summed E-state index contributed by atoms with van der Waals surface area (Å²) >= 11 is 0.103. The Morgan fingerprint density at radius 2 is 1.67 bits per heavy atom. The summed E-state index contributed by atoms with van der Waals surface area (Å²) in [7, 11) is 0. The lowest BCUT2D eigenvalue weighted by atomic mass is 9.79. The molecule has 1 N–H and O–H groups in total. The molecule has 0 rings (SSSR count). The summed E-state index contributed by atoms with van der Waals surface area (Å²) in [6.07, 6.45) is 2.47. The van der Waals surface area contributed by atoms with Crippen molar-refractivity contribution >= 4 is 11.8 Å². The zero-order valence-corrected chi connectivity index (χ0v) is 12.7. The van der Waals surface area contributed by atoms with E-state index in [0.717, 1.165) is 25.9 Å². The fraction of sp³-hybridized carbons (Fsp3) is 1.00. The van der Waals surface area contributed by atoms with Crippen molar-refractivity contribution in [1.29, 1.82) is 0 Å². The second-order valence-electron chi connectivity index (χ2n) is 5.28. The van der Waals surface area contributed by atoms with Gasteiger partial charge < -0.3 is 5.32 Å². The van der Waals surface area contributed by atoms with Gasteiger partial charge in [-0.3, -0.25) is 0 Å². The summed E-state index contributed by atoms with van der Waals surface area (Å²) in [6, 6.07) is 0. The van der Waals surface area contributed by atoms with Crippen LogP contribution in [0.3, 0.4) is 0 Å². The maximum absolute atomic E-state index is 12.1. The van der Waals surface area contributed by atoms with E-state index in [4.69, 9.17) is 0 Å². The SMILES string of the molecule is CCC(CC)(CCSC(F)(F)F)CNCC(C)C. The van der Waals surface area contributed by atoms with E-state index in [2.05, 4.69) is 33.0 Å². The highest BCUT2D eigenvalue weighted by Crippen LogP contribution is 2.36. The van der Waals surface area contributed by atoms with Crippen molar-refractivity contribution in [2.45, 2.75) is 52.5 Å². The van der Waals surface area contributed by atoms with Crippen LogP contribution in [0.15, 0.2) is 0 Å². The van der Waals surface area contributed by atoms with Gasteiger partial charge in [-0.15, -0.1) is 0 Å². The lowest BCUT2D eigenvalue weighted by Crippen LogP contribution is -2.36. The molecule has 0 aliphatic rings. The second kappa shape index (κ2) is 8.31. The summed E-state index contributed by atoms with van der Waals surface area (Å²) in [5.41, 5.74) is -4.09. The van der Waals surface area contributed by atoms with Crippen LogP contribution in [0.5, 0.6) is 0 Å². The monoisotopic (exact) mass is 285 g/mol. The van der Waals surface area contributed by atoms with Crippen molar-refractivity contribution in [3.05, 3.63) is 0 Å². The molecule has 1 nitrogen and oxygen atoms in total. The van der Waals surface area contributed by atoms with Crippen molar-refractivity contribution in [1.82, 2.24) is 5.32 Å². The lowest BCUT2D eigenvalue weighted by Gasteiger charge is -2.32. The molecule has 5 heteroatoms. The van der Waals surface area contributed by atoms with Crippen LogP contribution in [0.1, 0.15) is 47.0 Å². The van der Waals surface area contributed by atoms with Crippen LogP contribution in [-0.2, 0) is 0 Å². The summed E-state index contributed by atoms with van der Waals surface area (Å²) in [4.78, 5) is 0. The van der Waals surface area contributed by atoms with Crippen LogP contribution >= 0.6 is 11.8 Å². The number of hydrogen-bond donors (Lipinski definition) is 1. The van der Waals surface area contributed by atoms with Gasteiger partial charge >= 0.3 is 5.51 Å². The topological polar surface area (TPSA) is 12.0 Å². The lowest BCUT2D eigenvalue weighted by molar-refractivity contribution is -0.0329. The fourth-order valence-corrected chi connectivity index (χ4v) is 2.72. The van der Waals surface area contributed by atoms with E-state index >= 15 is 0 Å². The number of nitrogens with one attached hydrogen (secondary N) is 1. The van der Waals surface area contributed by atoms with Gasteiger partial charge in [-0.05, 0) is 37.1 Å². The van der Waals surface area contributed by atoms with Crippen LogP contribution in [0.25, 0.3) is 0 Å². The molecule has 0 amide bonds. The molecule has 0 aliphatic heterocycles. The molecule has 0 aromatic carbocycles. The predicted molar refractivity (Wildman–Crippen MR) is 73.9 cm³/mol. The highest BCUT2D eigenvalue weighted by atomic mass is 32.2. The van der Waals surface area contributed by atoms with E-state index in [9.17, 15) is 13.2 Å². The summed E-state index contributed by atoms with van der Waals surface area (Å²) in [6.45, 7) is 10.1. The Morgan fingerprint density at radius 3 is 2.06 bits per heavy atom. The number of rotatable bonds is 9. The van der Waals surface area contributed by atoms with Gasteiger partial charge in [-0.25, -0.2) is 0 Å². The van der Waals surface area contributed by atoms with Crippen LogP contribution in [-0.4, -0.2) is 24.4 Å². The first-order valence-corrected chi connectivity index (χ1v) is 7.64. The molecule has 110 valence electrons. The third-order valence-corrected chi connectivity index (χ3v) is 4.19. The average Bonchev–Trinajstić information content (AvgIpc) is 2.25. The van der Waals surface area contributed by atoms with Gasteiger partial charge in [-0.2, -0.15) is 13.2 Å². The molecule has 0 bridgehead atoms. The first kappa shape index (κ1) is 18.1. The Hall–Kier alpha value is 0.1000. The van der Waals surface area contributed by atoms with Gasteiger partial charge in [0.25, 0.3) is 0 Å². The minimum Gasteiger partial charge on any atom is -0.316 e. The van der Waals surface area contributed by atoms with Gasteiger partial charge in [-0.1, -0.05) is 39.5 Å². The van der Waals surface area contributed by atoms with E-state index in [1.807, 2.05) is 0 Å². The van der Waals surface area contributed by atoms with Gasteiger partial charge in [0.2, 0.25) is 0 Å². The Morgan fingerprint density at radius 1 is 1.11 bits per heavy atom. The third kappa shape index (κ3) is 8.25. The Balaban J connectivity index is 4.16. The third-order valence-electron chi connectivity index (χ3n) is 3.45. The predicted octanol–water partition coefficient (Wildman–Crippen LogP) is 4.68. The van der Waals surface area contributed by atoms with Crippen LogP contribution in [0.4, 0.5) is 13.2 Å². The first-order valence-electron chi connectivity index (χ1n) is 6.66. The minimum atomic E-state index is -4.10. The summed E-state index contributed by atoms with van der Waals surface area (Å²) < 4.78 is 36.4. The Bertz CT molecular complexity index is 213. The highest BCUT2D eigenvalue weighted by Gasteiger charge is 2.31. The smallest absolute Gasteiger partial charge is 0.316 e. The first-order chi connectivity index (χ1) is 8.24.